The minimum absolute atomic E-state index is 0.00102. The molecule has 2 heterocycles. The van der Waals surface area contributed by atoms with Gasteiger partial charge in [-0.2, -0.15) is 0 Å². The van der Waals surface area contributed by atoms with E-state index in [1.54, 1.807) is 0 Å². The molecular weight excluding hydrogens is 334 g/mol. The molecular formula is C24H33NO2. The molecule has 0 aromatic heterocycles. The van der Waals surface area contributed by atoms with Gasteiger partial charge in [0, 0.05) is 5.41 Å². The van der Waals surface area contributed by atoms with Gasteiger partial charge in [0.1, 0.15) is 0 Å². The van der Waals surface area contributed by atoms with Gasteiger partial charge in [0.05, 0.1) is 23.3 Å². The molecule has 3 aliphatic rings. The Morgan fingerprint density at radius 2 is 1.85 bits per heavy atom. The first kappa shape index (κ1) is 18.7. The Labute approximate surface area is 163 Å². The highest BCUT2D eigenvalue weighted by atomic mass is 16.5. The molecule has 3 heteroatoms. The van der Waals surface area contributed by atoms with E-state index in [1.165, 1.54) is 18.4 Å². The second-order valence-corrected chi connectivity index (χ2v) is 9.91. The predicted molar refractivity (Wildman–Crippen MR) is 110 cm³/mol. The number of aliphatic imine (C=N–C) groups is 1. The summed E-state index contributed by atoms with van der Waals surface area (Å²) in [7, 11) is 0. The summed E-state index contributed by atoms with van der Waals surface area (Å²) in [5.41, 5.74) is 1.67. The molecule has 4 rings (SSSR count). The number of hydrogen-bond donors (Lipinski definition) is 1. The minimum Gasteiger partial charge on any atom is -0.496 e. The molecule has 27 heavy (non-hydrogen) atoms. The molecule has 1 aromatic carbocycles. The third-order valence-corrected chi connectivity index (χ3v) is 7.30. The molecule has 0 spiro atoms. The van der Waals surface area contributed by atoms with Crippen LogP contribution in [0.25, 0.3) is 0 Å². The second-order valence-electron chi connectivity index (χ2n) is 9.91. The summed E-state index contributed by atoms with van der Waals surface area (Å²) in [6, 6.07) is 10.4. The number of aliphatic hydroxyl groups is 1. The first-order valence-electron chi connectivity index (χ1n) is 10.4. The third-order valence-electron chi connectivity index (χ3n) is 7.30. The van der Waals surface area contributed by atoms with Crippen LogP contribution in [0.15, 0.2) is 47.1 Å². The SMILES string of the molecule is C[C@H]1CCC2[C@H](C1)C1C(O)=NC(C(C)(C)c3ccccc3)=CC1OC2(C)C. The normalized spacial score (nSPS) is 35.5. The number of benzene rings is 1. The Hall–Kier alpha value is -1.61. The molecule has 3 unspecified atom stereocenters. The van der Waals surface area contributed by atoms with Crippen molar-refractivity contribution in [2.45, 2.75) is 71.0 Å². The maximum atomic E-state index is 11.0. The second kappa shape index (κ2) is 6.48. The standard InChI is InChI=1S/C24H33NO2/c1-15-11-12-18-17(13-15)21-19(27-24(18,4)5)14-20(25-22(21)26)23(2,3)16-9-7-6-8-10-16/h6-10,14-15,17-19,21H,11-13H2,1-5H3,(H,25,26)/t15-,17-,18?,19?,21?/m0/s1. The zero-order valence-electron chi connectivity index (χ0n) is 17.3. The average molecular weight is 368 g/mol. The van der Waals surface area contributed by atoms with Gasteiger partial charge in [-0.15, -0.1) is 0 Å². The number of rotatable bonds is 2. The van der Waals surface area contributed by atoms with Crippen molar-refractivity contribution < 1.29 is 9.84 Å². The topological polar surface area (TPSA) is 41.8 Å². The maximum Gasteiger partial charge on any atom is 0.192 e. The van der Waals surface area contributed by atoms with Crippen molar-refractivity contribution in [2.24, 2.45) is 28.7 Å². The van der Waals surface area contributed by atoms with E-state index in [9.17, 15) is 5.11 Å². The Morgan fingerprint density at radius 1 is 1.15 bits per heavy atom. The van der Waals surface area contributed by atoms with Crippen LogP contribution in [-0.2, 0) is 10.2 Å². The summed E-state index contributed by atoms with van der Waals surface area (Å²) in [4.78, 5) is 4.73. The fourth-order valence-electron chi connectivity index (χ4n) is 5.66. The predicted octanol–water partition coefficient (Wildman–Crippen LogP) is 5.66. The minimum atomic E-state index is -0.273. The molecule has 146 valence electrons. The molecule has 2 aliphatic heterocycles. The lowest BCUT2D eigenvalue weighted by molar-refractivity contribution is -0.180. The van der Waals surface area contributed by atoms with E-state index in [2.05, 4.69) is 65.0 Å². The quantitative estimate of drug-likeness (QED) is 0.732. The summed E-state index contributed by atoms with van der Waals surface area (Å²) in [6.45, 7) is 11.1. The van der Waals surface area contributed by atoms with Crippen LogP contribution in [0, 0.1) is 23.7 Å². The molecule has 0 amide bonds. The van der Waals surface area contributed by atoms with Gasteiger partial charge in [0.2, 0.25) is 0 Å². The average Bonchev–Trinajstić information content (AvgIpc) is 2.61. The summed E-state index contributed by atoms with van der Waals surface area (Å²) in [5, 5.41) is 11.0. The van der Waals surface area contributed by atoms with Crippen LogP contribution in [0.2, 0.25) is 0 Å². The molecule has 1 saturated carbocycles. The summed E-state index contributed by atoms with van der Waals surface area (Å²) in [6.07, 6.45) is 5.69. The fraction of sp³-hybridized carbons (Fsp3) is 0.625. The van der Waals surface area contributed by atoms with Gasteiger partial charge in [-0.25, -0.2) is 4.99 Å². The van der Waals surface area contributed by atoms with E-state index in [-0.39, 0.29) is 28.9 Å². The Balaban J connectivity index is 1.71. The van der Waals surface area contributed by atoms with Gasteiger partial charge in [-0.3, -0.25) is 0 Å². The van der Waals surface area contributed by atoms with E-state index in [0.717, 1.165) is 12.1 Å². The molecule has 5 atom stereocenters. The largest absolute Gasteiger partial charge is 0.496 e. The van der Waals surface area contributed by atoms with Crippen molar-refractivity contribution in [3.8, 4) is 0 Å². The monoisotopic (exact) mass is 367 g/mol. The Morgan fingerprint density at radius 3 is 2.56 bits per heavy atom. The number of hydrogen-bond acceptors (Lipinski definition) is 2. The molecule has 3 nitrogen and oxygen atoms in total. The van der Waals surface area contributed by atoms with Gasteiger partial charge in [0.25, 0.3) is 0 Å². The van der Waals surface area contributed by atoms with E-state index in [1.807, 2.05) is 6.07 Å². The number of fused-ring (bicyclic) bond motifs is 3. The number of nitrogens with zero attached hydrogens (tertiary/aromatic N) is 1. The molecule has 2 fully saturated rings. The first-order valence-corrected chi connectivity index (χ1v) is 10.4. The van der Waals surface area contributed by atoms with Crippen molar-refractivity contribution in [1.29, 1.82) is 0 Å². The van der Waals surface area contributed by atoms with Crippen molar-refractivity contribution in [1.82, 2.24) is 0 Å². The summed E-state index contributed by atoms with van der Waals surface area (Å²) in [5.74, 6) is 1.93. The highest BCUT2D eigenvalue weighted by Crippen LogP contribution is 2.52. The summed E-state index contributed by atoms with van der Waals surface area (Å²) >= 11 is 0. The lowest BCUT2D eigenvalue weighted by atomic mass is 9.60. The third kappa shape index (κ3) is 3.14. The molecule has 1 aliphatic carbocycles. The van der Waals surface area contributed by atoms with E-state index < -0.39 is 0 Å². The number of allylic oxidation sites excluding steroid dienone is 1. The maximum absolute atomic E-state index is 11.0. The van der Waals surface area contributed by atoms with Crippen LogP contribution in [0.1, 0.15) is 59.4 Å². The fourth-order valence-corrected chi connectivity index (χ4v) is 5.66. The van der Waals surface area contributed by atoms with Crippen molar-refractivity contribution in [3.63, 3.8) is 0 Å². The van der Waals surface area contributed by atoms with E-state index in [4.69, 9.17) is 9.73 Å². The highest BCUT2D eigenvalue weighted by Gasteiger charge is 2.53. The Bertz CT molecular complexity index is 762. The highest BCUT2D eigenvalue weighted by molar-refractivity contribution is 5.81. The lowest BCUT2D eigenvalue weighted by Crippen LogP contribution is -2.57. The zero-order valence-corrected chi connectivity index (χ0v) is 17.3. The van der Waals surface area contributed by atoms with Gasteiger partial charge in [0.15, 0.2) is 5.90 Å². The van der Waals surface area contributed by atoms with E-state index >= 15 is 0 Å². The molecule has 0 radical (unpaired) electrons. The van der Waals surface area contributed by atoms with Crippen LogP contribution in [0.4, 0.5) is 0 Å². The molecule has 1 saturated heterocycles. The molecule has 0 bridgehead atoms. The zero-order chi connectivity index (χ0) is 19.4. The van der Waals surface area contributed by atoms with Crippen molar-refractivity contribution in [2.75, 3.05) is 0 Å². The molecule has 1 N–H and O–H groups in total. The van der Waals surface area contributed by atoms with Gasteiger partial charge in [-0.05, 0) is 56.1 Å². The summed E-state index contributed by atoms with van der Waals surface area (Å²) < 4.78 is 6.60. The van der Waals surface area contributed by atoms with Crippen LogP contribution >= 0.6 is 0 Å². The van der Waals surface area contributed by atoms with Crippen LogP contribution in [0.3, 0.4) is 0 Å². The van der Waals surface area contributed by atoms with Gasteiger partial charge >= 0.3 is 0 Å². The van der Waals surface area contributed by atoms with Crippen LogP contribution in [-0.4, -0.2) is 22.7 Å². The number of ether oxygens (including phenoxy) is 1. The van der Waals surface area contributed by atoms with Crippen LogP contribution < -0.4 is 0 Å². The Kier molecular flexibility index (Phi) is 4.50. The van der Waals surface area contributed by atoms with Crippen molar-refractivity contribution >= 4 is 5.90 Å². The number of aliphatic hydroxyl groups excluding tert-OH is 1. The first-order chi connectivity index (χ1) is 12.7. The molecule has 1 aromatic rings. The lowest BCUT2D eigenvalue weighted by Gasteiger charge is -2.54. The van der Waals surface area contributed by atoms with E-state index in [0.29, 0.717) is 17.8 Å². The van der Waals surface area contributed by atoms with Crippen LogP contribution in [0.5, 0.6) is 0 Å². The van der Waals surface area contributed by atoms with Crippen molar-refractivity contribution in [3.05, 3.63) is 47.7 Å². The van der Waals surface area contributed by atoms with Gasteiger partial charge in [-0.1, -0.05) is 57.5 Å². The van der Waals surface area contributed by atoms with Gasteiger partial charge < -0.3 is 9.84 Å². The smallest absolute Gasteiger partial charge is 0.192 e.